The number of carbonyl (C=O) groups is 12. The van der Waals surface area contributed by atoms with Gasteiger partial charge in [0.2, 0.25) is 11.9 Å². The monoisotopic (exact) mass is 1550 g/mol. The molecule has 2 atom stereocenters. The highest BCUT2D eigenvalue weighted by Crippen LogP contribution is 2.30. The molecule has 111 heavy (non-hydrogen) atoms. The molecule has 0 aromatic heterocycles. The molecule has 0 heterocycles. The number of rotatable bonds is 24. The number of ether oxygens (including phenoxy) is 13. The summed E-state index contributed by atoms with van der Waals surface area (Å²) >= 11 is 0. The summed E-state index contributed by atoms with van der Waals surface area (Å²) in [6.07, 6.45) is -5.05. The van der Waals surface area contributed by atoms with E-state index in [4.69, 9.17) is 61.6 Å². The van der Waals surface area contributed by atoms with Crippen molar-refractivity contribution >= 4 is 95.3 Å². The van der Waals surface area contributed by atoms with E-state index in [1.165, 1.54) is 84.9 Å². The fourth-order valence-electron chi connectivity index (χ4n) is 8.68. The number of hydrogen-bond donors (Lipinski definition) is 6. The van der Waals surface area contributed by atoms with Gasteiger partial charge in [-0.25, -0.2) is 48.3 Å². The number of guanidine groups is 2. The molecule has 0 aliphatic heterocycles. The summed E-state index contributed by atoms with van der Waals surface area (Å²) in [6.45, 7) is 37.8. The van der Waals surface area contributed by atoms with Gasteiger partial charge in [0.1, 0.15) is 93.1 Å². The summed E-state index contributed by atoms with van der Waals surface area (Å²) in [5, 5.41) is 14.6. The maximum absolute atomic E-state index is 14.3. The first-order valence-corrected chi connectivity index (χ1v) is 35.3. The minimum Gasteiger partial charge on any atom is -0.490 e. The second-order valence-electron chi connectivity index (χ2n) is 32.6. The summed E-state index contributed by atoms with van der Waals surface area (Å²) in [6, 6.07) is 15.1. The van der Waals surface area contributed by atoms with Crippen molar-refractivity contribution in [3.05, 3.63) is 107 Å². The van der Waals surface area contributed by atoms with Gasteiger partial charge in [0.15, 0.2) is 0 Å². The maximum Gasteiger partial charge on any atom is 0.414 e. The van der Waals surface area contributed by atoms with Crippen molar-refractivity contribution < 1.29 is 119 Å². The van der Waals surface area contributed by atoms with Crippen LogP contribution in [-0.2, 0) is 61.8 Å². The van der Waals surface area contributed by atoms with Gasteiger partial charge in [-0.3, -0.25) is 40.4 Å². The molecule has 6 amide bonds. The van der Waals surface area contributed by atoms with Crippen molar-refractivity contribution in [2.75, 3.05) is 26.4 Å². The second kappa shape index (κ2) is 38.8. The smallest absolute Gasteiger partial charge is 0.414 e. The van der Waals surface area contributed by atoms with Crippen molar-refractivity contribution in [2.45, 2.75) is 236 Å². The van der Waals surface area contributed by atoms with Crippen LogP contribution in [0.15, 0.2) is 94.9 Å². The molecule has 0 aliphatic rings. The molecule has 4 aromatic rings. The molecule has 33 heteroatoms. The van der Waals surface area contributed by atoms with Crippen LogP contribution in [0.25, 0.3) is 0 Å². The fourth-order valence-corrected chi connectivity index (χ4v) is 8.68. The second-order valence-corrected chi connectivity index (χ2v) is 32.6. The first kappa shape index (κ1) is 92.0. The Balaban J connectivity index is 1.69. The molecule has 0 spiro atoms. The predicted octanol–water partition coefficient (Wildman–Crippen LogP) is 12.0. The van der Waals surface area contributed by atoms with Gasteiger partial charge < -0.3 is 72.2 Å². The van der Waals surface area contributed by atoms with Crippen LogP contribution in [0, 0.1) is 0 Å². The van der Waals surface area contributed by atoms with Crippen LogP contribution in [0.3, 0.4) is 0 Å². The molecule has 0 fully saturated rings. The number of alkyl carbamates (subject to hydrolysis) is 4. The lowest BCUT2D eigenvalue weighted by atomic mass is 10.1. The van der Waals surface area contributed by atoms with Crippen molar-refractivity contribution in [2.24, 2.45) is 9.98 Å². The summed E-state index contributed by atoms with van der Waals surface area (Å²) < 4.78 is 73.0. The average molecular weight is 1560 g/mol. The Morgan fingerprint density at radius 1 is 0.333 bits per heavy atom. The normalized spacial score (nSPS) is 12.4. The molecule has 0 bridgehead atoms. The van der Waals surface area contributed by atoms with E-state index in [0.29, 0.717) is 0 Å². The van der Waals surface area contributed by atoms with E-state index in [9.17, 15) is 57.5 Å². The Bertz CT molecular complexity index is 3730. The molecule has 0 saturated heterocycles. The van der Waals surface area contributed by atoms with Crippen LogP contribution in [0.2, 0.25) is 0 Å². The molecule has 6 N–H and O–H groups in total. The Labute approximate surface area is 646 Å². The number of nitrogens with one attached hydrogen (secondary N) is 6. The van der Waals surface area contributed by atoms with Crippen molar-refractivity contribution in [1.29, 1.82) is 0 Å². The zero-order valence-corrected chi connectivity index (χ0v) is 67.6. The lowest BCUT2D eigenvalue weighted by Crippen LogP contribution is -2.47. The molecular weight excluding hydrogens is 1450 g/mol. The van der Waals surface area contributed by atoms with Gasteiger partial charge in [-0.15, -0.1) is 0 Å². The molecule has 608 valence electrons. The van der Waals surface area contributed by atoms with Gasteiger partial charge in [-0.2, -0.15) is 0 Å². The van der Waals surface area contributed by atoms with E-state index in [-0.39, 0.29) is 95.0 Å². The zero-order valence-electron chi connectivity index (χ0n) is 67.6. The Morgan fingerprint density at radius 3 is 0.865 bits per heavy atom. The van der Waals surface area contributed by atoms with Crippen LogP contribution in [-0.4, -0.2) is 167 Å². The third-order valence-electron chi connectivity index (χ3n) is 12.5. The predicted molar refractivity (Wildman–Crippen MR) is 404 cm³/mol. The zero-order chi connectivity index (χ0) is 84.0. The Kier molecular flexibility index (Phi) is 32.2. The molecular formula is C78H106N8O25. The SMILES string of the molecule is CC(C)(C)OC(=O)C[C@H](NC(=O)c1ccc(OC(=O)c2ccc(N=C(NC(=O)OC(C)(C)C)NC(=O)OC(C)(C)C)cc2)cc1OCCOCCOc1cc(OC(=O)c2ccc(N=C(NC(=O)OC(C)(C)C)NC(=O)OC(C)(C)C)cc2)ccc1C(=O)N[C@@H](CC(=O)OC(C)(C)C)C(=O)OC(C)(C)C)C(=O)OC(C)(C)C. The Morgan fingerprint density at radius 2 is 0.604 bits per heavy atom. The van der Waals surface area contributed by atoms with E-state index in [2.05, 4.69) is 41.9 Å². The molecule has 0 unspecified atom stereocenters. The van der Waals surface area contributed by atoms with Crippen LogP contribution in [0.5, 0.6) is 23.0 Å². The minimum atomic E-state index is -1.58. The standard InChI is InChI=1S/C78H106N8O25/c1-71(2,3)104-57(87)43-53(63(93)106-73(7,8)9)81-59(89)51-35-33-49(102-61(91)45-25-29-47(30-26-45)79-65(83-67(95)108-75(13,14)15)84-68(96)109-76(16,17)18)41-55(51)100-39-37-99-38-40-101-56-42-50(34-36-52(56)60(90)82-54(64(94)107-74(10,11)12)44-58(88)105-72(4,5)6)103-62(92)46-27-31-48(32-28-46)80-66(85-69(97)110-77(19,20)21)86-70(98)111-78(22,23)24/h25-36,41-42,53-54H,37-40,43-44H2,1-24H3,(H,81,89)(H,82,90)(H2,79,83,84,95,96)(H2,80,85,86,97,98)/t53-,54-/m0/s1. The molecule has 0 saturated carbocycles. The third-order valence-corrected chi connectivity index (χ3v) is 12.5. The topological polar surface area (TPSA) is 422 Å². The number of aliphatic imine (C=N–C) groups is 2. The van der Waals surface area contributed by atoms with Gasteiger partial charge in [0.25, 0.3) is 11.8 Å². The summed E-state index contributed by atoms with van der Waals surface area (Å²) in [5.41, 5.74) is -7.89. The number of carbonyl (C=O) groups excluding carboxylic acids is 12. The molecule has 0 aliphatic carbocycles. The highest BCUT2D eigenvalue weighted by Gasteiger charge is 2.35. The quantitative estimate of drug-likeness (QED) is 0.00947. The average Bonchev–Trinajstić information content (AvgIpc) is 0.829. The number of nitrogens with zero attached hydrogens (tertiary/aromatic N) is 2. The number of benzene rings is 4. The van der Waals surface area contributed by atoms with Gasteiger partial charge in [-0.05, 0) is 239 Å². The van der Waals surface area contributed by atoms with E-state index in [1.807, 2.05) is 0 Å². The number of amides is 6. The van der Waals surface area contributed by atoms with Crippen molar-refractivity contribution in [3.8, 4) is 23.0 Å². The van der Waals surface area contributed by atoms with E-state index < -0.39 is 142 Å². The van der Waals surface area contributed by atoms with Crippen molar-refractivity contribution in [1.82, 2.24) is 31.9 Å². The lowest BCUT2D eigenvalue weighted by molar-refractivity contribution is -0.164. The number of hydrogen-bond acceptors (Lipinski definition) is 27. The Hall–Kier alpha value is -11.4. The van der Waals surface area contributed by atoms with Gasteiger partial charge in [-0.1, -0.05) is 0 Å². The highest BCUT2D eigenvalue weighted by molar-refractivity contribution is 6.05. The van der Waals surface area contributed by atoms with Crippen molar-refractivity contribution in [3.63, 3.8) is 0 Å². The van der Waals surface area contributed by atoms with Gasteiger partial charge in [0, 0.05) is 12.1 Å². The highest BCUT2D eigenvalue weighted by atomic mass is 16.6. The van der Waals surface area contributed by atoms with Crippen LogP contribution in [0.4, 0.5) is 30.6 Å². The van der Waals surface area contributed by atoms with E-state index >= 15 is 0 Å². The third kappa shape index (κ3) is 37.5. The van der Waals surface area contributed by atoms with Crippen LogP contribution >= 0.6 is 0 Å². The van der Waals surface area contributed by atoms with E-state index in [1.54, 1.807) is 166 Å². The molecule has 4 aromatic carbocycles. The van der Waals surface area contributed by atoms with E-state index in [0.717, 1.165) is 0 Å². The van der Waals surface area contributed by atoms with Crippen LogP contribution in [0.1, 0.15) is 220 Å². The first-order chi connectivity index (χ1) is 50.8. The molecule has 33 nitrogen and oxygen atoms in total. The van der Waals surface area contributed by atoms with Gasteiger partial charge in [0.05, 0.1) is 59.7 Å². The fraction of sp³-hybridized carbons (Fsp3) is 0.513. The lowest BCUT2D eigenvalue weighted by Gasteiger charge is -2.26. The molecule has 4 rings (SSSR count). The summed E-state index contributed by atoms with van der Waals surface area (Å²) in [5.74, 6) is -8.78. The largest absolute Gasteiger partial charge is 0.490 e. The first-order valence-electron chi connectivity index (χ1n) is 35.3. The summed E-state index contributed by atoms with van der Waals surface area (Å²) in [4.78, 5) is 169. The summed E-state index contributed by atoms with van der Waals surface area (Å²) in [7, 11) is 0. The number of esters is 6. The van der Waals surface area contributed by atoms with Crippen LogP contribution < -0.4 is 50.8 Å². The maximum atomic E-state index is 14.3. The minimum absolute atomic E-state index is 0.0173. The van der Waals surface area contributed by atoms with Gasteiger partial charge >= 0.3 is 60.2 Å². The molecule has 0 radical (unpaired) electrons.